The Morgan fingerprint density at radius 3 is 2.26 bits per heavy atom. The van der Waals surface area contributed by atoms with E-state index in [-0.39, 0.29) is 17.1 Å². The summed E-state index contributed by atoms with van der Waals surface area (Å²) in [5.41, 5.74) is 0.731. The summed E-state index contributed by atoms with van der Waals surface area (Å²) in [6, 6.07) is 7.44. The molecule has 0 aliphatic heterocycles. The number of ketones is 1. The van der Waals surface area contributed by atoms with E-state index in [1.165, 1.54) is 0 Å². The standard InChI is InChI=1S/C20H32O3/c1-6-14-23-15-8-7-9-18(20(2,3)4)19(21)16-10-12-17(22-5)13-11-16/h10-13,18H,6-9,14-15H2,1-5H3. The van der Waals surface area contributed by atoms with E-state index in [9.17, 15) is 4.79 Å². The Bertz CT molecular complexity index is 457. The summed E-state index contributed by atoms with van der Waals surface area (Å²) in [4.78, 5) is 12.9. The first-order valence-corrected chi connectivity index (χ1v) is 8.66. The summed E-state index contributed by atoms with van der Waals surface area (Å²) in [6.07, 6.45) is 4.00. The number of Topliss-reactive ketones (excluding diaryl/α,β-unsaturated/α-hetero) is 1. The second kappa shape index (κ2) is 9.71. The largest absolute Gasteiger partial charge is 0.497 e. The molecule has 3 heteroatoms. The molecule has 1 atom stereocenters. The van der Waals surface area contributed by atoms with Crippen molar-refractivity contribution in [3.8, 4) is 5.75 Å². The summed E-state index contributed by atoms with van der Waals surface area (Å²) in [6.45, 7) is 10.2. The number of benzene rings is 1. The number of hydrogen-bond donors (Lipinski definition) is 0. The predicted octanol–water partition coefficient (Wildman–Crippen LogP) is 5.14. The smallest absolute Gasteiger partial charge is 0.166 e. The maximum absolute atomic E-state index is 12.9. The summed E-state index contributed by atoms with van der Waals surface area (Å²) in [5.74, 6) is 1.04. The van der Waals surface area contributed by atoms with Gasteiger partial charge in [0.1, 0.15) is 5.75 Å². The highest BCUT2D eigenvalue weighted by Crippen LogP contribution is 2.33. The van der Waals surface area contributed by atoms with Crippen molar-refractivity contribution >= 4 is 5.78 Å². The molecule has 130 valence electrons. The Labute approximate surface area is 141 Å². The summed E-state index contributed by atoms with van der Waals surface area (Å²) in [7, 11) is 1.63. The fraction of sp³-hybridized carbons (Fsp3) is 0.650. The van der Waals surface area contributed by atoms with Crippen molar-refractivity contribution < 1.29 is 14.3 Å². The van der Waals surface area contributed by atoms with Crippen LogP contribution in [0.4, 0.5) is 0 Å². The highest BCUT2D eigenvalue weighted by atomic mass is 16.5. The summed E-state index contributed by atoms with van der Waals surface area (Å²) < 4.78 is 10.7. The van der Waals surface area contributed by atoms with Crippen LogP contribution in [0.2, 0.25) is 0 Å². The van der Waals surface area contributed by atoms with Crippen LogP contribution in [0.1, 0.15) is 63.7 Å². The van der Waals surface area contributed by atoms with E-state index in [4.69, 9.17) is 9.47 Å². The van der Waals surface area contributed by atoms with Crippen LogP contribution in [0.25, 0.3) is 0 Å². The molecule has 0 saturated carbocycles. The van der Waals surface area contributed by atoms with Crippen molar-refractivity contribution in [1.82, 2.24) is 0 Å². The molecule has 23 heavy (non-hydrogen) atoms. The number of hydrogen-bond acceptors (Lipinski definition) is 3. The van der Waals surface area contributed by atoms with E-state index >= 15 is 0 Å². The van der Waals surface area contributed by atoms with Gasteiger partial charge in [0, 0.05) is 24.7 Å². The Morgan fingerprint density at radius 1 is 1.09 bits per heavy atom. The van der Waals surface area contributed by atoms with Crippen LogP contribution < -0.4 is 4.74 Å². The fourth-order valence-corrected chi connectivity index (χ4v) is 2.71. The topological polar surface area (TPSA) is 35.5 Å². The molecule has 0 fully saturated rings. The van der Waals surface area contributed by atoms with Gasteiger partial charge in [0.25, 0.3) is 0 Å². The maximum Gasteiger partial charge on any atom is 0.166 e. The predicted molar refractivity (Wildman–Crippen MR) is 95.2 cm³/mol. The first kappa shape index (κ1) is 19.7. The molecule has 1 rings (SSSR count). The molecule has 0 spiro atoms. The molecule has 0 bridgehead atoms. The van der Waals surface area contributed by atoms with Gasteiger partial charge in [0.15, 0.2) is 5.78 Å². The van der Waals surface area contributed by atoms with Crippen molar-refractivity contribution in [2.24, 2.45) is 11.3 Å². The number of ether oxygens (including phenoxy) is 2. The van der Waals surface area contributed by atoms with Crippen molar-refractivity contribution in [1.29, 1.82) is 0 Å². The molecule has 0 radical (unpaired) electrons. The molecule has 0 heterocycles. The lowest BCUT2D eigenvalue weighted by Gasteiger charge is -2.29. The Balaban J connectivity index is 2.64. The summed E-state index contributed by atoms with van der Waals surface area (Å²) >= 11 is 0. The zero-order valence-electron chi connectivity index (χ0n) is 15.4. The van der Waals surface area contributed by atoms with Crippen LogP contribution in [-0.4, -0.2) is 26.1 Å². The molecule has 3 nitrogen and oxygen atoms in total. The van der Waals surface area contributed by atoms with E-state index in [1.54, 1.807) is 7.11 Å². The van der Waals surface area contributed by atoms with E-state index in [0.29, 0.717) is 0 Å². The van der Waals surface area contributed by atoms with Gasteiger partial charge in [-0.25, -0.2) is 0 Å². The number of methoxy groups -OCH3 is 1. The minimum absolute atomic E-state index is 0.0297. The zero-order chi connectivity index (χ0) is 17.3. The number of carbonyl (C=O) groups excluding carboxylic acids is 1. The minimum Gasteiger partial charge on any atom is -0.497 e. The van der Waals surface area contributed by atoms with Crippen LogP contribution in [0.5, 0.6) is 5.75 Å². The lowest BCUT2D eigenvalue weighted by molar-refractivity contribution is 0.0788. The van der Waals surface area contributed by atoms with Crippen LogP contribution in [-0.2, 0) is 4.74 Å². The number of carbonyl (C=O) groups is 1. The average molecular weight is 320 g/mol. The van der Waals surface area contributed by atoms with E-state index < -0.39 is 0 Å². The highest BCUT2D eigenvalue weighted by molar-refractivity contribution is 5.98. The van der Waals surface area contributed by atoms with Crippen molar-refractivity contribution in [3.63, 3.8) is 0 Å². The van der Waals surface area contributed by atoms with Gasteiger partial charge < -0.3 is 9.47 Å². The SMILES string of the molecule is CCCOCCCCC(C(=O)c1ccc(OC)cc1)C(C)(C)C. The van der Waals surface area contributed by atoms with Gasteiger partial charge in [-0.1, -0.05) is 34.1 Å². The van der Waals surface area contributed by atoms with Crippen molar-refractivity contribution in [3.05, 3.63) is 29.8 Å². The third kappa shape index (κ3) is 6.74. The van der Waals surface area contributed by atoms with Crippen LogP contribution in [0.3, 0.4) is 0 Å². The van der Waals surface area contributed by atoms with Crippen LogP contribution in [0.15, 0.2) is 24.3 Å². The Kier molecular flexibility index (Phi) is 8.32. The van der Waals surface area contributed by atoms with Crippen molar-refractivity contribution in [2.75, 3.05) is 20.3 Å². The highest BCUT2D eigenvalue weighted by Gasteiger charge is 2.31. The molecular formula is C20H32O3. The van der Waals surface area contributed by atoms with Gasteiger partial charge in [-0.2, -0.15) is 0 Å². The van der Waals surface area contributed by atoms with Gasteiger partial charge in [0.2, 0.25) is 0 Å². The third-order valence-corrected chi connectivity index (χ3v) is 4.12. The fourth-order valence-electron chi connectivity index (χ4n) is 2.71. The average Bonchev–Trinajstić information content (AvgIpc) is 2.52. The van der Waals surface area contributed by atoms with Gasteiger partial charge in [-0.05, 0) is 48.9 Å². The monoisotopic (exact) mass is 320 g/mol. The van der Waals surface area contributed by atoms with Gasteiger partial charge in [-0.15, -0.1) is 0 Å². The van der Waals surface area contributed by atoms with Gasteiger partial charge >= 0.3 is 0 Å². The molecule has 0 amide bonds. The van der Waals surface area contributed by atoms with E-state index in [2.05, 4.69) is 27.7 Å². The van der Waals surface area contributed by atoms with Crippen LogP contribution >= 0.6 is 0 Å². The molecule has 1 aromatic rings. The molecule has 0 aliphatic rings. The molecule has 0 aromatic heterocycles. The second-order valence-corrected chi connectivity index (χ2v) is 7.12. The number of unbranched alkanes of at least 4 members (excludes halogenated alkanes) is 1. The maximum atomic E-state index is 12.9. The van der Waals surface area contributed by atoms with E-state index in [0.717, 1.165) is 50.2 Å². The number of rotatable bonds is 10. The summed E-state index contributed by atoms with van der Waals surface area (Å²) in [5, 5.41) is 0. The Hall–Kier alpha value is -1.35. The lowest BCUT2D eigenvalue weighted by atomic mass is 9.74. The zero-order valence-corrected chi connectivity index (χ0v) is 15.4. The first-order chi connectivity index (χ1) is 10.9. The second-order valence-electron chi connectivity index (χ2n) is 7.12. The molecule has 0 N–H and O–H groups in total. The van der Waals surface area contributed by atoms with Gasteiger partial charge in [-0.3, -0.25) is 4.79 Å². The Morgan fingerprint density at radius 2 is 1.74 bits per heavy atom. The first-order valence-electron chi connectivity index (χ1n) is 8.66. The molecule has 0 aliphatic carbocycles. The quantitative estimate of drug-likeness (QED) is 0.442. The van der Waals surface area contributed by atoms with Crippen molar-refractivity contribution in [2.45, 2.75) is 53.4 Å². The van der Waals surface area contributed by atoms with Crippen LogP contribution in [0, 0.1) is 11.3 Å². The normalized spacial score (nSPS) is 12.9. The molecule has 1 unspecified atom stereocenters. The molecule has 1 aromatic carbocycles. The molecule has 0 saturated heterocycles. The van der Waals surface area contributed by atoms with E-state index in [1.807, 2.05) is 24.3 Å². The minimum atomic E-state index is -0.0404. The third-order valence-electron chi connectivity index (χ3n) is 4.12. The molecular weight excluding hydrogens is 288 g/mol. The lowest BCUT2D eigenvalue weighted by Crippen LogP contribution is -2.29. The van der Waals surface area contributed by atoms with Gasteiger partial charge in [0.05, 0.1) is 7.11 Å².